The van der Waals surface area contributed by atoms with Gasteiger partial charge in [0.25, 0.3) is 5.24 Å². The van der Waals surface area contributed by atoms with Gasteiger partial charge in [-0.1, -0.05) is 76.5 Å². The van der Waals surface area contributed by atoms with Gasteiger partial charge in [-0.25, -0.2) is 8.42 Å². The van der Waals surface area contributed by atoms with E-state index in [-0.39, 0.29) is 17.0 Å². The van der Waals surface area contributed by atoms with E-state index in [9.17, 15) is 13.2 Å². The van der Waals surface area contributed by atoms with Crippen molar-refractivity contribution in [3.05, 3.63) is 11.5 Å². The topological polar surface area (TPSA) is 63.2 Å². The third kappa shape index (κ3) is 10.8. The summed E-state index contributed by atoms with van der Waals surface area (Å²) >= 11 is 1.26. The van der Waals surface area contributed by atoms with E-state index in [4.69, 9.17) is 0 Å². The number of carbonyl (C=O) groups excluding carboxylic acids is 1. The van der Waals surface area contributed by atoms with Crippen molar-refractivity contribution in [1.82, 2.24) is 5.32 Å². The summed E-state index contributed by atoms with van der Waals surface area (Å²) < 4.78 is 22.5. The van der Waals surface area contributed by atoms with Crippen molar-refractivity contribution >= 4 is 26.8 Å². The van der Waals surface area contributed by atoms with Crippen LogP contribution in [0.5, 0.6) is 0 Å². The highest BCUT2D eigenvalue weighted by Gasteiger charge is 2.22. The minimum absolute atomic E-state index is 0.00242. The number of thioether (sulfide) groups is 1. The maximum Gasteiger partial charge on any atom is 0.279 e. The van der Waals surface area contributed by atoms with Crippen molar-refractivity contribution in [2.45, 2.75) is 77.2 Å². The van der Waals surface area contributed by atoms with E-state index in [2.05, 4.69) is 12.2 Å². The van der Waals surface area contributed by atoms with Gasteiger partial charge >= 0.3 is 0 Å². The van der Waals surface area contributed by atoms with E-state index in [1.807, 2.05) is 0 Å². The molecule has 0 aromatic heterocycles. The van der Waals surface area contributed by atoms with Crippen LogP contribution in [0, 0.1) is 0 Å². The average molecular weight is 362 g/mol. The molecular weight excluding hydrogens is 330 g/mol. The average Bonchev–Trinajstić information content (AvgIpc) is 2.83. The van der Waals surface area contributed by atoms with Gasteiger partial charge in [-0.05, 0) is 12.5 Å². The molecule has 0 aromatic carbocycles. The Bertz CT molecular complexity index is 460. The molecule has 6 heteroatoms. The number of nitrogens with one attached hydrogen (secondary N) is 1. The number of hydrogen-bond donors (Lipinski definition) is 1. The molecule has 0 aromatic rings. The second kappa shape index (κ2) is 12.0. The standard InChI is InChI=1S/C17H31NO3S2/c1-2-3-4-5-6-7-8-9-10-11-13-22-17(19)18-16-12-14-23(20,21)15-16/h12,14,16H,2-11,13,15H2,1H3,(H,18,19). The molecule has 0 radical (unpaired) electrons. The molecule has 1 atom stereocenters. The highest BCUT2D eigenvalue weighted by Crippen LogP contribution is 2.14. The predicted octanol–water partition coefficient (Wildman–Crippen LogP) is 4.66. The van der Waals surface area contributed by atoms with Crippen LogP contribution in [-0.4, -0.2) is 31.2 Å². The monoisotopic (exact) mass is 361 g/mol. The number of rotatable bonds is 12. The molecule has 0 spiro atoms. The fourth-order valence-corrected chi connectivity index (χ4v) is 4.62. The van der Waals surface area contributed by atoms with E-state index in [0.717, 1.165) is 12.2 Å². The molecule has 0 saturated heterocycles. The molecule has 0 fully saturated rings. The highest BCUT2D eigenvalue weighted by atomic mass is 32.2. The van der Waals surface area contributed by atoms with E-state index < -0.39 is 9.84 Å². The van der Waals surface area contributed by atoms with Crippen LogP contribution in [0.1, 0.15) is 71.1 Å². The summed E-state index contributed by atoms with van der Waals surface area (Å²) in [6, 6.07) is -0.354. The Morgan fingerprint density at radius 1 is 1.04 bits per heavy atom. The smallest absolute Gasteiger partial charge is 0.279 e. The largest absolute Gasteiger partial charge is 0.340 e. The predicted molar refractivity (Wildman–Crippen MR) is 99.5 cm³/mol. The van der Waals surface area contributed by atoms with Crippen molar-refractivity contribution in [1.29, 1.82) is 0 Å². The van der Waals surface area contributed by atoms with Crippen LogP contribution in [0.15, 0.2) is 11.5 Å². The Labute approximate surface area is 145 Å². The highest BCUT2D eigenvalue weighted by molar-refractivity contribution is 8.13. The van der Waals surface area contributed by atoms with Crippen LogP contribution >= 0.6 is 11.8 Å². The van der Waals surface area contributed by atoms with Gasteiger partial charge in [0.2, 0.25) is 0 Å². The zero-order valence-corrected chi connectivity index (χ0v) is 15.9. The summed E-state index contributed by atoms with van der Waals surface area (Å²) in [5, 5.41) is 3.80. The molecule has 0 saturated carbocycles. The zero-order chi connectivity index (χ0) is 17.0. The molecule has 1 heterocycles. The second-order valence-electron chi connectivity index (χ2n) is 6.23. The number of unbranched alkanes of at least 4 members (excludes halogenated alkanes) is 9. The summed E-state index contributed by atoms with van der Waals surface area (Å²) in [7, 11) is -3.09. The first-order valence-corrected chi connectivity index (χ1v) is 11.6. The molecule has 0 aliphatic carbocycles. The molecule has 4 nitrogen and oxygen atoms in total. The lowest BCUT2D eigenvalue weighted by atomic mass is 10.1. The number of carbonyl (C=O) groups is 1. The van der Waals surface area contributed by atoms with Crippen molar-refractivity contribution in [2.24, 2.45) is 0 Å². The van der Waals surface area contributed by atoms with E-state index in [1.165, 1.54) is 75.0 Å². The summed E-state index contributed by atoms with van der Waals surface area (Å²) in [6.07, 6.45) is 14.4. The molecule has 1 aliphatic heterocycles. The van der Waals surface area contributed by atoms with Gasteiger partial charge in [-0.2, -0.15) is 0 Å². The van der Waals surface area contributed by atoms with Crippen LogP contribution < -0.4 is 5.32 Å². The fourth-order valence-electron chi connectivity index (χ4n) is 2.61. The molecular formula is C17H31NO3S2. The van der Waals surface area contributed by atoms with Crippen molar-refractivity contribution in [2.75, 3.05) is 11.5 Å². The molecule has 1 rings (SSSR count). The first-order chi connectivity index (χ1) is 11.0. The lowest BCUT2D eigenvalue weighted by Crippen LogP contribution is -2.33. The maximum atomic E-state index is 11.7. The summed E-state index contributed by atoms with van der Waals surface area (Å²) in [6.45, 7) is 2.24. The summed E-state index contributed by atoms with van der Waals surface area (Å²) in [4.78, 5) is 11.7. The first-order valence-electron chi connectivity index (χ1n) is 8.88. The molecule has 23 heavy (non-hydrogen) atoms. The quantitative estimate of drug-likeness (QED) is 0.513. The molecule has 1 amide bonds. The van der Waals surface area contributed by atoms with Crippen LogP contribution in [0.25, 0.3) is 0 Å². The lowest BCUT2D eigenvalue weighted by Gasteiger charge is -2.09. The number of amides is 1. The Balaban J connectivity index is 1.87. The Hall–Kier alpha value is -0.490. The van der Waals surface area contributed by atoms with E-state index in [0.29, 0.717) is 0 Å². The molecule has 1 N–H and O–H groups in total. The van der Waals surface area contributed by atoms with Crippen LogP contribution in [0.4, 0.5) is 4.79 Å². The minimum Gasteiger partial charge on any atom is -0.340 e. The molecule has 1 unspecified atom stereocenters. The Morgan fingerprint density at radius 3 is 2.13 bits per heavy atom. The summed E-state index contributed by atoms with van der Waals surface area (Å²) in [5.41, 5.74) is 0. The van der Waals surface area contributed by atoms with Crippen molar-refractivity contribution in [3.8, 4) is 0 Å². The van der Waals surface area contributed by atoms with E-state index in [1.54, 1.807) is 6.08 Å². The molecule has 134 valence electrons. The Kier molecular flexibility index (Phi) is 10.7. The van der Waals surface area contributed by atoms with Crippen molar-refractivity contribution in [3.63, 3.8) is 0 Å². The normalized spacial score (nSPS) is 19.1. The zero-order valence-electron chi connectivity index (χ0n) is 14.3. The lowest BCUT2D eigenvalue weighted by molar-refractivity contribution is 0.259. The van der Waals surface area contributed by atoms with Crippen LogP contribution in [-0.2, 0) is 9.84 Å². The maximum absolute atomic E-state index is 11.7. The van der Waals surface area contributed by atoms with Crippen LogP contribution in [0.2, 0.25) is 0 Å². The third-order valence-electron chi connectivity index (χ3n) is 3.96. The van der Waals surface area contributed by atoms with E-state index >= 15 is 0 Å². The van der Waals surface area contributed by atoms with Gasteiger partial charge in [0, 0.05) is 11.2 Å². The van der Waals surface area contributed by atoms with Crippen LogP contribution in [0.3, 0.4) is 0 Å². The number of hydrogen-bond acceptors (Lipinski definition) is 4. The third-order valence-corrected chi connectivity index (χ3v) is 6.23. The summed E-state index contributed by atoms with van der Waals surface area (Å²) in [5.74, 6) is 0.809. The fraction of sp³-hybridized carbons (Fsp3) is 0.824. The SMILES string of the molecule is CCCCCCCCCCCCSC(=O)NC1C=CS(=O)(=O)C1. The molecule has 0 bridgehead atoms. The number of sulfone groups is 1. The van der Waals surface area contributed by atoms with Crippen molar-refractivity contribution < 1.29 is 13.2 Å². The minimum atomic E-state index is -3.09. The second-order valence-corrected chi connectivity index (χ2v) is 9.23. The van der Waals surface area contributed by atoms with Gasteiger partial charge in [0.15, 0.2) is 9.84 Å². The first kappa shape index (κ1) is 20.6. The van der Waals surface area contributed by atoms with Gasteiger partial charge in [-0.3, -0.25) is 4.79 Å². The Morgan fingerprint density at radius 2 is 1.61 bits per heavy atom. The van der Waals surface area contributed by atoms with Gasteiger partial charge < -0.3 is 5.32 Å². The van der Waals surface area contributed by atoms with Gasteiger partial charge in [0.05, 0.1) is 11.8 Å². The molecule has 1 aliphatic rings. The van der Waals surface area contributed by atoms with Gasteiger partial charge in [-0.15, -0.1) is 0 Å². The van der Waals surface area contributed by atoms with Gasteiger partial charge in [0.1, 0.15) is 0 Å².